The van der Waals surface area contributed by atoms with Gasteiger partial charge in [0.15, 0.2) is 0 Å². The Kier molecular flexibility index (Phi) is 6.92. The van der Waals surface area contributed by atoms with E-state index in [9.17, 15) is 28.0 Å². The highest BCUT2D eigenvalue weighted by atomic mass is 35.5. The van der Waals surface area contributed by atoms with Gasteiger partial charge in [0, 0.05) is 34.5 Å². The molecule has 0 radical (unpaired) electrons. The molecular formula is C22H24B6ClF2N3O4. The molecule has 0 aromatic heterocycles. The molecule has 7 nitrogen and oxygen atoms in total. The molecule has 190 valence electrons. The van der Waals surface area contributed by atoms with E-state index in [-0.39, 0.29) is 23.4 Å². The fourth-order valence-corrected chi connectivity index (χ4v) is 5.35. The van der Waals surface area contributed by atoms with Crippen LogP contribution in [-0.4, -0.2) is 86.0 Å². The zero-order chi connectivity index (χ0) is 28.4. The zero-order valence-corrected chi connectivity index (χ0v) is 22.8. The lowest BCUT2D eigenvalue weighted by Crippen LogP contribution is -2.72. The van der Waals surface area contributed by atoms with Crippen molar-refractivity contribution in [1.82, 2.24) is 15.0 Å². The van der Waals surface area contributed by atoms with Crippen molar-refractivity contribution in [1.29, 1.82) is 0 Å². The number of piperidine rings is 1. The van der Waals surface area contributed by atoms with Gasteiger partial charge in [-0.25, -0.2) is 0 Å². The molecule has 2 heterocycles. The maximum atomic E-state index is 15.0. The molecule has 2 aliphatic rings. The van der Waals surface area contributed by atoms with E-state index in [0.29, 0.717) is 16.7 Å². The Morgan fingerprint density at radius 2 is 1.74 bits per heavy atom. The second kappa shape index (κ2) is 9.36. The minimum absolute atomic E-state index is 0.0988. The number of carbonyl (C=O) groups excluding carboxylic acids is 4. The van der Waals surface area contributed by atoms with E-state index in [1.54, 1.807) is 57.4 Å². The molecule has 38 heavy (non-hydrogen) atoms. The number of alkyl halides is 2. The molecule has 1 saturated heterocycles. The molecule has 2 aromatic rings. The maximum Gasteiger partial charge on any atom is 0.348 e. The molecule has 0 saturated carbocycles. The summed E-state index contributed by atoms with van der Waals surface area (Å²) in [5, 5.41) is 1.81. The maximum absolute atomic E-state index is 15.0. The first-order chi connectivity index (χ1) is 17.5. The van der Waals surface area contributed by atoms with Crippen LogP contribution in [0.3, 0.4) is 0 Å². The van der Waals surface area contributed by atoms with Crippen LogP contribution in [0, 0.1) is 0 Å². The molecule has 16 heteroatoms. The lowest BCUT2D eigenvalue weighted by Gasteiger charge is -2.54. The van der Waals surface area contributed by atoms with Crippen LogP contribution in [0.25, 0.3) is 0 Å². The van der Waals surface area contributed by atoms with Crippen molar-refractivity contribution in [3.8, 4) is 0 Å². The van der Waals surface area contributed by atoms with Crippen LogP contribution in [0.4, 0.5) is 8.78 Å². The summed E-state index contributed by atoms with van der Waals surface area (Å²) in [5.74, 6) is -7.70. The van der Waals surface area contributed by atoms with Gasteiger partial charge in [-0.2, -0.15) is 8.78 Å². The Morgan fingerprint density at radius 3 is 2.34 bits per heavy atom. The minimum atomic E-state index is -3.76. The third kappa shape index (κ3) is 4.10. The monoisotopic (exact) mass is 533 g/mol. The highest BCUT2D eigenvalue weighted by Gasteiger charge is 2.60. The number of hydrogen-bond acceptors (Lipinski definition) is 4. The largest absolute Gasteiger partial charge is 0.389 e. The highest BCUT2D eigenvalue weighted by Crippen LogP contribution is 2.49. The summed E-state index contributed by atoms with van der Waals surface area (Å²) < 4.78 is 30.0. The number of hydrogen-bond donors (Lipinski definition) is 1. The van der Waals surface area contributed by atoms with Crippen LogP contribution in [-0.2, 0) is 26.9 Å². The second-order valence-corrected chi connectivity index (χ2v) is 11.3. The molecule has 2 unspecified atom stereocenters. The van der Waals surface area contributed by atoms with Crippen LogP contribution in [0.15, 0.2) is 42.5 Å². The standard InChI is InChI=1S/C22H24B6ClF2N3O4/c23-14-16(35)32-18(37)22(27,21(14,25)26)33-8-10-7-9(1-6-13(10)17(33)36)15(24)34(28)19(38)20(30,31)11-2-4-12(29)5-3-11/h1-7,14-15H,8,23-28H2,(H,32,35,37)/t14?,15?,22-/m0/s1. The van der Waals surface area contributed by atoms with E-state index in [4.69, 9.17) is 11.6 Å². The summed E-state index contributed by atoms with van der Waals surface area (Å²) in [6.07, 6.45) is 0. The van der Waals surface area contributed by atoms with Gasteiger partial charge in [0.25, 0.3) is 11.8 Å². The predicted molar refractivity (Wildman–Crippen MR) is 155 cm³/mol. The van der Waals surface area contributed by atoms with Gasteiger partial charge in [0.2, 0.25) is 19.8 Å². The molecule has 2 aliphatic heterocycles. The Bertz CT molecular complexity index is 1370. The van der Waals surface area contributed by atoms with Crippen molar-refractivity contribution >= 4 is 82.4 Å². The molecule has 4 rings (SSSR count). The van der Waals surface area contributed by atoms with Crippen LogP contribution < -0.4 is 5.32 Å². The number of benzene rings is 2. The third-order valence-corrected chi connectivity index (χ3v) is 8.99. The first-order valence-electron chi connectivity index (χ1n) is 12.3. The average molecular weight is 533 g/mol. The first kappa shape index (κ1) is 28.1. The van der Waals surface area contributed by atoms with Crippen LogP contribution in [0.5, 0.6) is 0 Å². The Labute approximate surface area is 229 Å². The second-order valence-electron chi connectivity index (χ2n) is 10.8. The van der Waals surface area contributed by atoms with Crippen molar-refractivity contribution in [3.63, 3.8) is 0 Å². The number of halogens is 3. The van der Waals surface area contributed by atoms with E-state index in [1.165, 1.54) is 25.0 Å². The fourth-order valence-electron chi connectivity index (χ4n) is 5.22. The summed E-state index contributed by atoms with van der Waals surface area (Å²) in [6, 6.07) is 9.75. The molecule has 0 spiro atoms. The average Bonchev–Trinajstić information content (AvgIpc) is 3.21. The van der Waals surface area contributed by atoms with E-state index >= 15 is 0 Å². The molecule has 3 atom stereocenters. The third-order valence-electron chi connectivity index (χ3n) is 8.74. The highest BCUT2D eigenvalue weighted by molar-refractivity contribution is 6.57. The van der Waals surface area contributed by atoms with Crippen molar-refractivity contribution in [2.24, 2.45) is 0 Å². The van der Waals surface area contributed by atoms with Gasteiger partial charge in [0.1, 0.15) is 39.2 Å². The van der Waals surface area contributed by atoms with E-state index < -0.39 is 45.7 Å². The lowest BCUT2D eigenvalue weighted by molar-refractivity contribution is -0.154. The van der Waals surface area contributed by atoms with Gasteiger partial charge >= 0.3 is 5.92 Å². The van der Waals surface area contributed by atoms with Crippen LogP contribution in [0.2, 0.25) is 16.1 Å². The number of amides is 4. The van der Waals surface area contributed by atoms with Crippen molar-refractivity contribution in [3.05, 3.63) is 69.7 Å². The molecule has 0 bridgehead atoms. The van der Waals surface area contributed by atoms with Gasteiger partial charge in [-0.15, -0.1) is 0 Å². The minimum Gasteiger partial charge on any atom is -0.389 e. The topological polar surface area (TPSA) is 86.8 Å². The van der Waals surface area contributed by atoms with E-state index in [1.807, 2.05) is 0 Å². The van der Waals surface area contributed by atoms with E-state index in [2.05, 4.69) is 5.32 Å². The lowest BCUT2D eigenvalue weighted by atomic mass is 9.31. The number of fused-ring (bicyclic) bond motifs is 1. The van der Waals surface area contributed by atoms with Crippen molar-refractivity contribution in [2.75, 3.05) is 0 Å². The van der Waals surface area contributed by atoms with Gasteiger partial charge in [-0.1, -0.05) is 41.1 Å². The summed E-state index contributed by atoms with van der Waals surface area (Å²) in [6.45, 7) is 0.0988. The number of nitrogens with one attached hydrogen (secondary N) is 1. The van der Waals surface area contributed by atoms with Gasteiger partial charge < -0.3 is 9.71 Å². The predicted octanol–water partition coefficient (Wildman–Crippen LogP) is -3.11. The van der Waals surface area contributed by atoms with E-state index in [0.717, 1.165) is 16.9 Å². The zero-order valence-electron chi connectivity index (χ0n) is 22.1. The Balaban J connectivity index is 1.61. The number of nitrogens with zero attached hydrogens (tertiary/aromatic N) is 2. The number of carbonyl (C=O) groups is 4. The van der Waals surface area contributed by atoms with Gasteiger partial charge in [0.05, 0.1) is 5.44 Å². The van der Waals surface area contributed by atoms with Crippen molar-refractivity contribution < 1.29 is 28.0 Å². The molecule has 1 N–H and O–H groups in total. The Hall–Kier alpha value is -2.94. The summed E-state index contributed by atoms with van der Waals surface area (Å²) in [4.78, 5) is 54.1. The molecule has 0 aliphatic carbocycles. The molecule has 1 fully saturated rings. The normalized spacial score (nSPS) is 23.5. The SMILES string of the molecule is BC(c1ccc2c(c1)CN([C@@]1(B)C(=O)NC(=O)C(B)C1(B)B)C2=O)N(B)C(=O)C(F)(F)c1ccc(Cl)cc1. The van der Waals surface area contributed by atoms with Crippen LogP contribution in [0.1, 0.15) is 33.0 Å². The van der Waals surface area contributed by atoms with Crippen LogP contribution >= 0.6 is 11.6 Å². The summed E-state index contributed by atoms with van der Waals surface area (Å²) in [7, 11) is 9.89. The number of imide groups is 1. The van der Waals surface area contributed by atoms with Gasteiger partial charge in [-0.05, 0) is 29.3 Å². The summed E-state index contributed by atoms with van der Waals surface area (Å²) >= 11 is 5.79. The number of rotatable bonds is 5. The molecular weight excluding hydrogens is 509 g/mol. The smallest absolute Gasteiger partial charge is 0.348 e. The molecule has 2 aromatic carbocycles. The Morgan fingerprint density at radius 1 is 1.13 bits per heavy atom. The summed E-state index contributed by atoms with van der Waals surface area (Å²) in [5.41, 5.74) is -0.220. The first-order valence-corrected chi connectivity index (χ1v) is 12.6. The van der Waals surface area contributed by atoms with Crippen molar-refractivity contribution in [2.45, 2.75) is 34.9 Å². The quantitative estimate of drug-likeness (QED) is 0.326. The fraction of sp³-hybridized carbons (Fsp3) is 0.273. The molecule has 4 amide bonds. The van der Waals surface area contributed by atoms with Gasteiger partial charge in [-0.3, -0.25) is 24.5 Å².